The number of nitrogens with zero attached hydrogens (tertiary/aromatic N) is 1. The van der Waals surface area contributed by atoms with Crippen LogP contribution in [-0.2, 0) is 6.61 Å². The predicted molar refractivity (Wildman–Crippen MR) is 100 cm³/mol. The standard InChI is InChI=1S/C16H14N2O3.C4H9N/c1-10-15(16(17)19)13-8-12(2-3-14(13)21-10)20-9-11-4-6-18-7-5-11;1-2-4-5-3-1/h2-8H,9H2,1H3,(H2,17,19);5H,1-4H2. The monoisotopic (exact) mass is 353 g/mol. The average molecular weight is 353 g/mol. The number of nitrogens with two attached hydrogens (primary N) is 1. The zero-order valence-corrected chi connectivity index (χ0v) is 14.8. The number of pyridine rings is 1. The normalized spacial score (nSPS) is 13.3. The first-order valence-electron chi connectivity index (χ1n) is 8.70. The van der Waals surface area contributed by atoms with Crippen molar-refractivity contribution in [1.29, 1.82) is 0 Å². The lowest BCUT2D eigenvalue weighted by molar-refractivity contribution is 0.1000. The van der Waals surface area contributed by atoms with Gasteiger partial charge in [0.05, 0.1) is 5.56 Å². The zero-order valence-electron chi connectivity index (χ0n) is 14.8. The van der Waals surface area contributed by atoms with Gasteiger partial charge in [0.2, 0.25) is 0 Å². The number of hydrogen-bond acceptors (Lipinski definition) is 5. The highest BCUT2D eigenvalue weighted by Gasteiger charge is 2.16. The molecule has 0 saturated carbocycles. The molecule has 6 heteroatoms. The quantitative estimate of drug-likeness (QED) is 0.752. The minimum atomic E-state index is -0.502. The number of fused-ring (bicyclic) bond motifs is 1. The number of benzene rings is 1. The second-order valence-corrected chi connectivity index (χ2v) is 6.16. The SMILES string of the molecule is C1CCNC1.Cc1oc2ccc(OCc3ccncc3)cc2c1C(N)=O. The second kappa shape index (κ2) is 8.49. The molecule has 0 bridgehead atoms. The van der Waals surface area contributed by atoms with Crippen LogP contribution in [0.3, 0.4) is 0 Å². The van der Waals surface area contributed by atoms with Crippen LogP contribution in [0.25, 0.3) is 11.0 Å². The van der Waals surface area contributed by atoms with Crippen molar-refractivity contribution in [2.45, 2.75) is 26.4 Å². The number of carbonyl (C=O) groups excluding carboxylic acids is 1. The van der Waals surface area contributed by atoms with Crippen LogP contribution in [0.4, 0.5) is 0 Å². The van der Waals surface area contributed by atoms with Crippen molar-refractivity contribution in [1.82, 2.24) is 10.3 Å². The fraction of sp³-hybridized carbons (Fsp3) is 0.300. The van der Waals surface area contributed by atoms with Gasteiger partial charge in [-0.3, -0.25) is 9.78 Å². The molecule has 0 radical (unpaired) electrons. The van der Waals surface area contributed by atoms with E-state index in [9.17, 15) is 4.79 Å². The predicted octanol–water partition coefficient (Wildman–Crippen LogP) is 3.18. The van der Waals surface area contributed by atoms with Crippen LogP contribution in [0.5, 0.6) is 5.75 Å². The topological polar surface area (TPSA) is 90.4 Å². The molecule has 4 rings (SSSR count). The van der Waals surface area contributed by atoms with Gasteiger partial charge in [-0.15, -0.1) is 0 Å². The Bertz CT molecular complexity index is 863. The van der Waals surface area contributed by atoms with Crippen LogP contribution in [-0.4, -0.2) is 24.0 Å². The van der Waals surface area contributed by atoms with Crippen molar-refractivity contribution in [3.8, 4) is 5.75 Å². The minimum Gasteiger partial charge on any atom is -0.489 e. The van der Waals surface area contributed by atoms with E-state index < -0.39 is 5.91 Å². The van der Waals surface area contributed by atoms with Crippen LogP contribution >= 0.6 is 0 Å². The molecule has 26 heavy (non-hydrogen) atoms. The maximum absolute atomic E-state index is 11.5. The highest BCUT2D eigenvalue weighted by atomic mass is 16.5. The van der Waals surface area contributed by atoms with E-state index in [1.807, 2.05) is 12.1 Å². The summed E-state index contributed by atoms with van der Waals surface area (Å²) < 4.78 is 11.2. The average Bonchev–Trinajstić information content (AvgIpc) is 3.31. The first-order valence-corrected chi connectivity index (χ1v) is 8.70. The molecule has 0 atom stereocenters. The van der Waals surface area contributed by atoms with Gasteiger partial charge in [-0.2, -0.15) is 0 Å². The van der Waals surface area contributed by atoms with Crippen molar-refractivity contribution in [3.05, 3.63) is 59.6 Å². The number of primary amides is 1. The van der Waals surface area contributed by atoms with Gasteiger partial charge in [-0.1, -0.05) is 0 Å². The van der Waals surface area contributed by atoms with Crippen LogP contribution in [0.1, 0.15) is 34.5 Å². The van der Waals surface area contributed by atoms with Crippen molar-refractivity contribution in [2.75, 3.05) is 13.1 Å². The molecule has 1 fully saturated rings. The summed E-state index contributed by atoms with van der Waals surface area (Å²) >= 11 is 0. The maximum atomic E-state index is 11.5. The van der Waals surface area contributed by atoms with E-state index in [1.165, 1.54) is 25.9 Å². The number of nitrogens with one attached hydrogen (secondary N) is 1. The Hall–Kier alpha value is -2.86. The minimum absolute atomic E-state index is 0.402. The molecule has 3 aromatic rings. The number of carbonyl (C=O) groups is 1. The Balaban J connectivity index is 0.000000339. The summed E-state index contributed by atoms with van der Waals surface area (Å²) in [4.78, 5) is 15.5. The molecule has 0 unspecified atom stereocenters. The third-order valence-corrected chi connectivity index (χ3v) is 4.19. The van der Waals surface area contributed by atoms with E-state index >= 15 is 0 Å². The molecular weight excluding hydrogens is 330 g/mol. The summed E-state index contributed by atoms with van der Waals surface area (Å²) in [5, 5.41) is 3.90. The van der Waals surface area contributed by atoms with Gasteiger partial charge in [0.1, 0.15) is 23.7 Å². The summed E-state index contributed by atoms with van der Waals surface area (Å²) in [6.45, 7) is 4.65. The van der Waals surface area contributed by atoms with Gasteiger partial charge in [-0.05, 0) is 68.8 Å². The van der Waals surface area contributed by atoms with E-state index in [0.29, 0.717) is 34.6 Å². The van der Waals surface area contributed by atoms with Gasteiger partial charge in [-0.25, -0.2) is 0 Å². The third kappa shape index (κ3) is 4.40. The Morgan fingerprint density at radius 2 is 1.96 bits per heavy atom. The van der Waals surface area contributed by atoms with Gasteiger partial charge in [0, 0.05) is 17.8 Å². The van der Waals surface area contributed by atoms with Crippen molar-refractivity contribution < 1.29 is 13.9 Å². The molecular formula is C20H23N3O3. The molecule has 1 aliphatic heterocycles. The van der Waals surface area contributed by atoms with E-state index in [0.717, 1.165) is 5.56 Å². The Morgan fingerprint density at radius 1 is 1.23 bits per heavy atom. The smallest absolute Gasteiger partial charge is 0.252 e. The van der Waals surface area contributed by atoms with Crippen LogP contribution in [0.2, 0.25) is 0 Å². The van der Waals surface area contributed by atoms with Gasteiger partial charge in [0.15, 0.2) is 0 Å². The number of aromatic nitrogens is 1. The molecule has 1 saturated heterocycles. The zero-order chi connectivity index (χ0) is 18.4. The molecule has 1 amide bonds. The lowest BCUT2D eigenvalue weighted by atomic mass is 10.1. The van der Waals surface area contributed by atoms with Crippen LogP contribution < -0.4 is 15.8 Å². The summed E-state index contributed by atoms with van der Waals surface area (Å²) in [5.41, 5.74) is 7.44. The Labute approximate surface area is 152 Å². The van der Waals surface area contributed by atoms with E-state index in [1.54, 1.807) is 37.5 Å². The number of rotatable bonds is 4. The highest BCUT2D eigenvalue weighted by Crippen LogP contribution is 2.29. The van der Waals surface area contributed by atoms with Crippen molar-refractivity contribution in [3.63, 3.8) is 0 Å². The summed E-state index contributed by atoms with van der Waals surface area (Å²) in [6, 6.07) is 9.12. The molecule has 3 heterocycles. The number of ether oxygens (including phenoxy) is 1. The fourth-order valence-corrected chi connectivity index (χ4v) is 2.87. The Morgan fingerprint density at radius 3 is 2.58 bits per heavy atom. The summed E-state index contributed by atoms with van der Waals surface area (Å²) in [7, 11) is 0. The van der Waals surface area contributed by atoms with Crippen molar-refractivity contribution >= 4 is 16.9 Å². The lowest BCUT2D eigenvalue weighted by Crippen LogP contribution is -2.11. The number of aryl methyl sites for hydroxylation is 1. The highest BCUT2D eigenvalue weighted by molar-refractivity contribution is 6.06. The number of furan rings is 1. The fourth-order valence-electron chi connectivity index (χ4n) is 2.87. The summed E-state index contributed by atoms with van der Waals surface area (Å²) in [5.74, 6) is 0.670. The molecule has 136 valence electrons. The molecule has 6 nitrogen and oxygen atoms in total. The molecule has 1 aliphatic rings. The van der Waals surface area contributed by atoms with Crippen molar-refractivity contribution in [2.24, 2.45) is 5.73 Å². The molecule has 0 aliphatic carbocycles. The maximum Gasteiger partial charge on any atom is 0.252 e. The number of hydrogen-bond donors (Lipinski definition) is 2. The van der Waals surface area contributed by atoms with Gasteiger partial charge >= 0.3 is 0 Å². The van der Waals surface area contributed by atoms with E-state index in [4.69, 9.17) is 14.9 Å². The largest absolute Gasteiger partial charge is 0.489 e. The molecule has 0 spiro atoms. The van der Waals surface area contributed by atoms with Crippen LogP contribution in [0, 0.1) is 6.92 Å². The third-order valence-electron chi connectivity index (χ3n) is 4.19. The number of amides is 1. The first-order chi connectivity index (χ1) is 12.6. The second-order valence-electron chi connectivity index (χ2n) is 6.16. The summed E-state index contributed by atoms with van der Waals surface area (Å²) in [6.07, 6.45) is 6.21. The van der Waals surface area contributed by atoms with Gasteiger partial charge in [0.25, 0.3) is 5.91 Å². The lowest BCUT2D eigenvalue weighted by Gasteiger charge is -2.06. The van der Waals surface area contributed by atoms with E-state index in [2.05, 4.69) is 10.3 Å². The molecule has 1 aromatic carbocycles. The van der Waals surface area contributed by atoms with Crippen LogP contribution in [0.15, 0.2) is 47.1 Å². The van der Waals surface area contributed by atoms with E-state index in [-0.39, 0.29) is 0 Å². The molecule has 2 aromatic heterocycles. The first kappa shape index (κ1) is 17.9. The Kier molecular flexibility index (Phi) is 5.86. The molecule has 3 N–H and O–H groups in total. The van der Waals surface area contributed by atoms with Gasteiger partial charge < -0.3 is 20.2 Å².